The van der Waals surface area contributed by atoms with Crippen LogP contribution in [-0.2, 0) is 16.1 Å². The van der Waals surface area contributed by atoms with Crippen molar-refractivity contribution in [3.05, 3.63) is 52.9 Å². The first-order chi connectivity index (χ1) is 11.5. The summed E-state index contributed by atoms with van der Waals surface area (Å²) in [5, 5.41) is 11.6. The zero-order chi connectivity index (χ0) is 17.5. The molecular weight excluding hydrogens is 330 g/mol. The summed E-state index contributed by atoms with van der Waals surface area (Å²) in [5.41, 5.74) is 1.30. The zero-order valence-corrected chi connectivity index (χ0v) is 13.8. The van der Waals surface area contributed by atoms with Crippen LogP contribution in [0.25, 0.3) is 0 Å². The van der Waals surface area contributed by atoms with E-state index in [2.05, 4.69) is 5.32 Å². The second-order valence-electron chi connectivity index (χ2n) is 5.15. The van der Waals surface area contributed by atoms with E-state index >= 15 is 0 Å². The molecule has 0 aliphatic carbocycles. The molecule has 2 amide bonds. The number of benzene rings is 1. The highest BCUT2D eigenvalue weighted by Gasteiger charge is 2.23. The molecule has 0 radical (unpaired) electrons. The second-order valence-corrected chi connectivity index (χ2v) is 5.56. The lowest BCUT2D eigenvalue weighted by molar-refractivity contribution is -0.143. The summed E-state index contributed by atoms with van der Waals surface area (Å²) >= 11 is 6.06. The van der Waals surface area contributed by atoms with Crippen LogP contribution in [0.2, 0.25) is 5.02 Å². The largest absolute Gasteiger partial charge is 0.467 e. The Kier molecular flexibility index (Phi) is 5.99. The molecule has 0 atom stereocenters. The summed E-state index contributed by atoms with van der Waals surface area (Å²) in [6, 6.07) is 10.5. The number of aryl methyl sites for hydroxylation is 1. The number of nitrogens with one attached hydrogen (secondary N) is 1. The maximum atomic E-state index is 12.4. The first-order valence-corrected chi connectivity index (χ1v) is 7.65. The van der Waals surface area contributed by atoms with Gasteiger partial charge in [0.15, 0.2) is 0 Å². The molecule has 0 unspecified atom stereocenters. The Morgan fingerprint density at radius 2 is 2.17 bits per heavy atom. The lowest BCUT2D eigenvalue weighted by Gasteiger charge is -2.20. The van der Waals surface area contributed by atoms with Crippen LogP contribution in [0.3, 0.4) is 0 Å². The molecule has 0 saturated carbocycles. The number of rotatable bonds is 5. The standard InChI is InChI=1S/C17H16ClN3O3/c1-12-5-6-15(14(18)10-12)20-16(22)17(23)21(8-3-7-19)11-13-4-2-9-24-13/h2,4-6,9-10H,3,8,11H2,1H3,(H,20,22). The first-order valence-electron chi connectivity index (χ1n) is 7.27. The molecule has 1 aromatic carbocycles. The Morgan fingerprint density at radius 3 is 2.79 bits per heavy atom. The molecule has 0 spiro atoms. The van der Waals surface area contributed by atoms with E-state index in [0.717, 1.165) is 5.56 Å². The minimum atomic E-state index is -0.815. The normalized spacial score (nSPS) is 10.0. The molecule has 0 bridgehead atoms. The predicted octanol–water partition coefficient (Wildman–Crippen LogP) is 3.12. The number of nitriles is 1. The molecule has 7 heteroatoms. The number of hydrogen-bond acceptors (Lipinski definition) is 4. The molecule has 24 heavy (non-hydrogen) atoms. The van der Waals surface area contributed by atoms with Crippen LogP contribution in [-0.4, -0.2) is 23.3 Å². The van der Waals surface area contributed by atoms with E-state index in [1.54, 1.807) is 30.3 Å². The fourth-order valence-electron chi connectivity index (χ4n) is 2.07. The number of carbonyl (C=O) groups excluding carboxylic acids is 2. The van der Waals surface area contributed by atoms with Gasteiger partial charge in [-0.25, -0.2) is 0 Å². The van der Waals surface area contributed by atoms with Gasteiger partial charge in [-0.3, -0.25) is 9.59 Å². The number of furan rings is 1. The minimum absolute atomic E-state index is 0.114. The smallest absolute Gasteiger partial charge is 0.313 e. The Balaban J connectivity index is 2.09. The highest BCUT2D eigenvalue weighted by Crippen LogP contribution is 2.22. The number of nitrogens with zero attached hydrogens (tertiary/aromatic N) is 2. The summed E-state index contributed by atoms with van der Waals surface area (Å²) in [5.74, 6) is -1.04. The molecule has 6 nitrogen and oxygen atoms in total. The molecule has 1 N–H and O–H groups in total. The van der Waals surface area contributed by atoms with E-state index in [9.17, 15) is 9.59 Å². The lowest BCUT2D eigenvalue weighted by Crippen LogP contribution is -2.39. The Labute approximate surface area is 144 Å². The van der Waals surface area contributed by atoms with Gasteiger partial charge in [-0.1, -0.05) is 17.7 Å². The summed E-state index contributed by atoms with van der Waals surface area (Å²) in [6.07, 6.45) is 1.60. The number of anilines is 1. The molecule has 124 valence electrons. The topological polar surface area (TPSA) is 86.3 Å². The summed E-state index contributed by atoms with van der Waals surface area (Å²) in [4.78, 5) is 25.8. The van der Waals surface area contributed by atoms with Crippen LogP contribution in [0.5, 0.6) is 0 Å². The highest BCUT2D eigenvalue weighted by molar-refractivity contribution is 6.41. The Bertz CT molecular complexity index is 766. The lowest BCUT2D eigenvalue weighted by atomic mass is 10.2. The summed E-state index contributed by atoms with van der Waals surface area (Å²) in [7, 11) is 0. The van der Waals surface area contributed by atoms with E-state index < -0.39 is 11.8 Å². The van der Waals surface area contributed by atoms with Gasteiger partial charge in [0, 0.05) is 6.54 Å². The van der Waals surface area contributed by atoms with Crippen molar-refractivity contribution in [2.75, 3.05) is 11.9 Å². The Hall–Kier alpha value is -2.78. The SMILES string of the molecule is Cc1ccc(NC(=O)C(=O)N(CCC#N)Cc2ccco2)c(Cl)c1. The van der Waals surface area contributed by atoms with E-state index in [-0.39, 0.29) is 19.5 Å². The fraction of sp³-hybridized carbons (Fsp3) is 0.235. The van der Waals surface area contributed by atoms with Gasteiger partial charge in [-0.15, -0.1) is 0 Å². The van der Waals surface area contributed by atoms with Crippen molar-refractivity contribution in [1.29, 1.82) is 5.26 Å². The molecule has 0 aliphatic rings. The highest BCUT2D eigenvalue weighted by atomic mass is 35.5. The van der Waals surface area contributed by atoms with Crippen molar-refractivity contribution >= 4 is 29.1 Å². The maximum Gasteiger partial charge on any atom is 0.313 e. The maximum absolute atomic E-state index is 12.4. The van der Waals surface area contributed by atoms with Crippen LogP contribution in [0.1, 0.15) is 17.7 Å². The molecule has 0 fully saturated rings. The number of halogens is 1. The quantitative estimate of drug-likeness (QED) is 0.843. The van der Waals surface area contributed by atoms with Crippen molar-refractivity contribution in [1.82, 2.24) is 4.90 Å². The Morgan fingerprint density at radius 1 is 1.38 bits per heavy atom. The zero-order valence-electron chi connectivity index (χ0n) is 13.1. The van der Waals surface area contributed by atoms with E-state index in [1.807, 2.05) is 13.0 Å². The molecule has 2 rings (SSSR count). The van der Waals surface area contributed by atoms with Crippen LogP contribution >= 0.6 is 11.6 Å². The van der Waals surface area contributed by atoms with Crippen LogP contribution < -0.4 is 5.32 Å². The van der Waals surface area contributed by atoms with Crippen molar-refractivity contribution in [2.24, 2.45) is 0 Å². The third-order valence-electron chi connectivity index (χ3n) is 3.27. The van der Waals surface area contributed by atoms with Crippen LogP contribution in [0, 0.1) is 18.3 Å². The average molecular weight is 346 g/mol. The molecule has 2 aromatic rings. The van der Waals surface area contributed by atoms with Gasteiger partial charge in [0.2, 0.25) is 0 Å². The van der Waals surface area contributed by atoms with Crippen molar-refractivity contribution in [3.63, 3.8) is 0 Å². The van der Waals surface area contributed by atoms with Gasteiger partial charge in [0.25, 0.3) is 0 Å². The van der Waals surface area contributed by atoms with E-state index in [1.165, 1.54) is 11.2 Å². The van der Waals surface area contributed by atoms with Crippen molar-refractivity contribution in [3.8, 4) is 6.07 Å². The van der Waals surface area contributed by atoms with Gasteiger partial charge >= 0.3 is 11.8 Å². The van der Waals surface area contributed by atoms with E-state index in [0.29, 0.717) is 16.5 Å². The summed E-state index contributed by atoms with van der Waals surface area (Å²) < 4.78 is 5.19. The fourth-order valence-corrected chi connectivity index (χ4v) is 2.35. The number of amides is 2. The van der Waals surface area contributed by atoms with Crippen molar-refractivity contribution < 1.29 is 14.0 Å². The molecule has 1 heterocycles. The average Bonchev–Trinajstić information content (AvgIpc) is 3.06. The minimum Gasteiger partial charge on any atom is -0.467 e. The molecule has 0 aliphatic heterocycles. The molecule has 1 aromatic heterocycles. The number of hydrogen-bond donors (Lipinski definition) is 1. The van der Waals surface area contributed by atoms with Crippen molar-refractivity contribution in [2.45, 2.75) is 19.9 Å². The summed E-state index contributed by atoms with van der Waals surface area (Å²) in [6.45, 7) is 2.11. The monoisotopic (exact) mass is 345 g/mol. The first kappa shape index (κ1) is 17.6. The van der Waals surface area contributed by atoms with Gasteiger partial charge in [-0.05, 0) is 36.8 Å². The third kappa shape index (κ3) is 4.61. The molecule has 0 saturated heterocycles. The van der Waals surface area contributed by atoms with Gasteiger partial charge in [0.1, 0.15) is 5.76 Å². The number of carbonyl (C=O) groups is 2. The van der Waals surface area contributed by atoms with Gasteiger partial charge < -0.3 is 14.6 Å². The third-order valence-corrected chi connectivity index (χ3v) is 3.59. The van der Waals surface area contributed by atoms with Crippen LogP contribution in [0.15, 0.2) is 41.0 Å². The predicted molar refractivity (Wildman–Crippen MR) is 89.2 cm³/mol. The van der Waals surface area contributed by atoms with Gasteiger partial charge in [0.05, 0.1) is 36.0 Å². The van der Waals surface area contributed by atoms with E-state index in [4.69, 9.17) is 21.3 Å². The van der Waals surface area contributed by atoms with Gasteiger partial charge in [-0.2, -0.15) is 5.26 Å². The second kappa shape index (κ2) is 8.18. The van der Waals surface area contributed by atoms with Crippen LogP contribution in [0.4, 0.5) is 5.69 Å². The molecular formula is C17H16ClN3O3.